The van der Waals surface area contributed by atoms with Crippen molar-refractivity contribution < 1.29 is 4.79 Å². The first-order valence-corrected chi connectivity index (χ1v) is 17.1. The molecule has 1 aromatic carbocycles. The van der Waals surface area contributed by atoms with E-state index in [2.05, 4.69) is 50.3 Å². The fraction of sp³-hybridized carbons (Fsp3) is 0.417. The maximum absolute atomic E-state index is 14.9. The third-order valence-corrected chi connectivity index (χ3v) is 10.4. The summed E-state index contributed by atoms with van der Waals surface area (Å²) in [6.07, 6.45) is 9.31. The molecule has 0 saturated carbocycles. The molecule has 2 fully saturated rings. The number of likely N-dealkylation sites (N-methyl/N-ethyl adjacent to an activating group) is 1. The van der Waals surface area contributed by atoms with Crippen LogP contribution in [0, 0.1) is 5.92 Å². The van der Waals surface area contributed by atoms with Gasteiger partial charge in [-0.1, -0.05) is 55.3 Å². The lowest BCUT2D eigenvalue weighted by Crippen LogP contribution is -2.53. The molecule has 2 aromatic heterocycles. The number of allylic oxidation sites excluding steroid dienone is 3. The van der Waals surface area contributed by atoms with Gasteiger partial charge in [0, 0.05) is 58.8 Å². The molecule has 1 amide bonds. The molecule has 4 heterocycles. The Morgan fingerprint density at radius 2 is 1.84 bits per heavy atom. The molecule has 2 bridgehead atoms. The molecule has 2 saturated heterocycles. The van der Waals surface area contributed by atoms with Gasteiger partial charge in [-0.15, -0.1) is 11.3 Å². The number of likely N-dealkylation sites (tertiary alicyclic amines) is 1. The summed E-state index contributed by atoms with van der Waals surface area (Å²) in [4.78, 5) is 38.6. The van der Waals surface area contributed by atoms with Crippen LogP contribution in [0.1, 0.15) is 63.0 Å². The largest absolute Gasteiger partial charge is 0.335 e. The van der Waals surface area contributed by atoms with E-state index in [1.54, 1.807) is 0 Å². The summed E-state index contributed by atoms with van der Waals surface area (Å²) >= 11 is 7.57. The van der Waals surface area contributed by atoms with Crippen LogP contribution in [0.2, 0.25) is 5.02 Å². The van der Waals surface area contributed by atoms with Crippen LogP contribution in [0.25, 0.3) is 33.6 Å². The SMILES string of the molecule is CCC1=C(n2c(C=C(C)C)c(C(=O)N3CC4CCC(C3)N4)cc(-c3nc(-c4ccc(Cl)cc4)cs3)c2=O)C(C)C(N(C)C)C=C1. The zero-order chi connectivity index (χ0) is 32.0. The first-order valence-electron chi connectivity index (χ1n) is 15.9. The second kappa shape index (κ2) is 12.8. The smallest absolute Gasteiger partial charge is 0.265 e. The second-order valence-electron chi connectivity index (χ2n) is 13.0. The maximum Gasteiger partial charge on any atom is 0.265 e. The molecular formula is C36H42ClN5O2S. The van der Waals surface area contributed by atoms with E-state index >= 15 is 0 Å². The molecule has 1 aliphatic carbocycles. The topological polar surface area (TPSA) is 70.5 Å². The fourth-order valence-electron chi connectivity index (χ4n) is 7.08. The van der Waals surface area contributed by atoms with Gasteiger partial charge in [-0.05, 0) is 77.1 Å². The highest BCUT2D eigenvalue weighted by atomic mass is 35.5. The Labute approximate surface area is 274 Å². The van der Waals surface area contributed by atoms with Crippen LogP contribution in [0.3, 0.4) is 0 Å². The number of pyridine rings is 1. The molecule has 3 aromatic rings. The number of halogens is 1. The number of carbonyl (C=O) groups excluding carboxylic acids is 1. The summed E-state index contributed by atoms with van der Waals surface area (Å²) in [5, 5.41) is 6.86. The van der Waals surface area contributed by atoms with Gasteiger partial charge < -0.3 is 15.1 Å². The Kier molecular flexibility index (Phi) is 9.03. The first-order chi connectivity index (χ1) is 21.5. The third-order valence-electron chi connectivity index (χ3n) is 9.26. The Hall–Kier alpha value is -3.30. The van der Waals surface area contributed by atoms with Gasteiger partial charge in [0.2, 0.25) is 0 Å². The van der Waals surface area contributed by atoms with E-state index in [0.29, 0.717) is 52.0 Å². The lowest BCUT2D eigenvalue weighted by atomic mass is 9.86. The molecule has 0 spiro atoms. The summed E-state index contributed by atoms with van der Waals surface area (Å²) in [6, 6.07) is 10.1. The highest BCUT2D eigenvalue weighted by molar-refractivity contribution is 7.13. The van der Waals surface area contributed by atoms with Gasteiger partial charge in [-0.25, -0.2) is 4.98 Å². The summed E-state index contributed by atoms with van der Waals surface area (Å²) < 4.78 is 1.85. The number of hydrogen-bond acceptors (Lipinski definition) is 6. The number of carbonyl (C=O) groups is 1. The standard InChI is InChI=1S/C36H42ClN5O2S/c1-7-23-10-15-31(40(5)6)22(4)33(23)42-32(16-21(2)3)28(35(43)41-18-26-13-14-27(19-41)38-26)17-29(36(42)44)34-39-30(20-45-34)24-8-11-25(37)12-9-24/h8-12,15-17,20,22,26-27,31,38H,7,13-14,18-19H2,1-6H3. The maximum atomic E-state index is 14.9. The zero-order valence-corrected chi connectivity index (χ0v) is 28.5. The Bertz CT molecular complexity index is 1750. The number of nitrogens with one attached hydrogen (secondary N) is 1. The number of hydrogen-bond donors (Lipinski definition) is 1. The fourth-order valence-corrected chi connectivity index (χ4v) is 8.04. The van der Waals surface area contributed by atoms with E-state index in [1.165, 1.54) is 11.3 Å². The van der Waals surface area contributed by atoms with E-state index in [4.69, 9.17) is 16.6 Å². The van der Waals surface area contributed by atoms with Gasteiger partial charge in [0.1, 0.15) is 5.01 Å². The van der Waals surface area contributed by atoms with Crippen LogP contribution in [-0.2, 0) is 0 Å². The van der Waals surface area contributed by atoms with E-state index in [0.717, 1.165) is 47.4 Å². The minimum absolute atomic E-state index is 0.0103. The minimum Gasteiger partial charge on any atom is -0.335 e. The molecule has 2 aliphatic heterocycles. The second-order valence-corrected chi connectivity index (χ2v) is 14.3. The summed E-state index contributed by atoms with van der Waals surface area (Å²) in [7, 11) is 4.13. The van der Waals surface area contributed by atoms with Crippen molar-refractivity contribution in [2.45, 2.75) is 65.1 Å². The van der Waals surface area contributed by atoms with Crippen LogP contribution >= 0.6 is 22.9 Å². The molecule has 7 nitrogen and oxygen atoms in total. The average molecular weight is 644 g/mol. The molecule has 0 radical (unpaired) electrons. The van der Waals surface area contributed by atoms with Gasteiger partial charge in [-0.2, -0.15) is 0 Å². The Morgan fingerprint density at radius 1 is 1.16 bits per heavy atom. The van der Waals surface area contributed by atoms with Crippen LogP contribution in [0.4, 0.5) is 0 Å². The van der Waals surface area contributed by atoms with Crippen molar-refractivity contribution in [2.24, 2.45) is 5.92 Å². The number of fused-ring (bicyclic) bond motifs is 2. The van der Waals surface area contributed by atoms with Crippen molar-refractivity contribution in [3.8, 4) is 21.8 Å². The van der Waals surface area contributed by atoms with Gasteiger partial charge in [0.15, 0.2) is 0 Å². The number of amides is 1. The molecule has 6 rings (SSSR count). The zero-order valence-electron chi connectivity index (χ0n) is 26.9. The number of benzene rings is 1. The third kappa shape index (κ3) is 6.13. The number of piperazine rings is 1. The molecular weight excluding hydrogens is 602 g/mol. The highest BCUT2D eigenvalue weighted by Gasteiger charge is 2.37. The number of nitrogens with zero attached hydrogens (tertiary/aromatic N) is 4. The van der Waals surface area contributed by atoms with Crippen molar-refractivity contribution in [3.05, 3.63) is 85.6 Å². The Balaban J connectivity index is 1.60. The van der Waals surface area contributed by atoms with E-state index in [-0.39, 0.29) is 23.4 Å². The van der Waals surface area contributed by atoms with Crippen molar-refractivity contribution in [1.29, 1.82) is 0 Å². The summed E-state index contributed by atoms with van der Waals surface area (Å²) in [6.45, 7) is 9.68. The summed E-state index contributed by atoms with van der Waals surface area (Å²) in [5.41, 5.74) is 6.24. The van der Waals surface area contributed by atoms with Gasteiger partial charge in [0.25, 0.3) is 11.5 Å². The predicted octanol–water partition coefficient (Wildman–Crippen LogP) is 7.05. The van der Waals surface area contributed by atoms with E-state index in [9.17, 15) is 9.59 Å². The molecule has 45 heavy (non-hydrogen) atoms. The van der Waals surface area contributed by atoms with Gasteiger partial charge in [0.05, 0.1) is 22.5 Å². The number of thiazole rings is 1. The Morgan fingerprint density at radius 3 is 2.47 bits per heavy atom. The minimum atomic E-state index is -0.156. The van der Waals surface area contributed by atoms with Crippen molar-refractivity contribution in [3.63, 3.8) is 0 Å². The number of aromatic nitrogens is 2. The van der Waals surface area contributed by atoms with E-state index < -0.39 is 0 Å². The van der Waals surface area contributed by atoms with Crippen molar-refractivity contribution in [2.75, 3.05) is 27.2 Å². The monoisotopic (exact) mass is 643 g/mol. The highest BCUT2D eigenvalue weighted by Crippen LogP contribution is 2.36. The predicted molar refractivity (Wildman–Crippen MR) is 187 cm³/mol. The first kappa shape index (κ1) is 31.7. The molecule has 4 unspecified atom stereocenters. The molecule has 9 heteroatoms. The van der Waals surface area contributed by atoms with Crippen LogP contribution in [0.15, 0.2) is 63.8 Å². The molecule has 4 atom stereocenters. The van der Waals surface area contributed by atoms with Crippen LogP contribution in [0.5, 0.6) is 0 Å². The van der Waals surface area contributed by atoms with Crippen LogP contribution in [-0.4, -0.2) is 70.6 Å². The van der Waals surface area contributed by atoms with Crippen molar-refractivity contribution in [1.82, 2.24) is 24.7 Å². The normalized spacial score (nSPS) is 22.8. The molecule has 3 aliphatic rings. The van der Waals surface area contributed by atoms with Gasteiger partial charge in [-0.3, -0.25) is 14.2 Å². The van der Waals surface area contributed by atoms with Gasteiger partial charge >= 0.3 is 0 Å². The molecule has 236 valence electrons. The number of rotatable bonds is 7. The summed E-state index contributed by atoms with van der Waals surface area (Å²) in [5.74, 6) is -0.0247. The van der Waals surface area contributed by atoms with Crippen molar-refractivity contribution >= 4 is 40.6 Å². The van der Waals surface area contributed by atoms with E-state index in [1.807, 2.05) is 65.1 Å². The lowest BCUT2D eigenvalue weighted by Gasteiger charge is -2.36. The van der Waals surface area contributed by atoms with Crippen LogP contribution < -0.4 is 10.9 Å². The lowest BCUT2D eigenvalue weighted by molar-refractivity contribution is 0.0696. The average Bonchev–Trinajstić information content (AvgIpc) is 3.63. The molecule has 1 N–H and O–H groups in total. The quantitative estimate of drug-likeness (QED) is 0.299.